The molecular formula is C26H38N4O3S. The fourth-order valence-corrected chi connectivity index (χ4v) is 4.72. The third-order valence-electron chi connectivity index (χ3n) is 5.68. The van der Waals surface area contributed by atoms with E-state index in [1.165, 1.54) is 19.3 Å². The molecule has 7 nitrogen and oxygen atoms in total. The zero-order valence-corrected chi connectivity index (χ0v) is 21.7. The van der Waals surface area contributed by atoms with Gasteiger partial charge in [0.1, 0.15) is 11.8 Å². The number of esters is 1. The summed E-state index contributed by atoms with van der Waals surface area (Å²) in [5.41, 5.74) is 2.25. The van der Waals surface area contributed by atoms with Crippen LogP contribution in [-0.4, -0.2) is 39.7 Å². The summed E-state index contributed by atoms with van der Waals surface area (Å²) >= 11 is 1.64. The highest BCUT2D eigenvalue weighted by Gasteiger charge is 2.35. The number of allylic oxidation sites excluding steroid dienone is 1. The topological polar surface area (TPSA) is 78.3 Å². The van der Waals surface area contributed by atoms with E-state index in [-0.39, 0.29) is 5.97 Å². The maximum absolute atomic E-state index is 13.1. The molecule has 0 saturated carbocycles. The van der Waals surface area contributed by atoms with Crippen molar-refractivity contribution in [2.24, 2.45) is 0 Å². The van der Waals surface area contributed by atoms with Crippen LogP contribution in [0.2, 0.25) is 0 Å². The number of carbonyl (C=O) groups is 1. The SMILES string of the molecule is CCCCCCOc1ccc(C2C(C(=O)OCCC)=C(C)Nc3nc(SCCCC)nn32)cc1. The van der Waals surface area contributed by atoms with Crippen molar-refractivity contribution < 1.29 is 14.3 Å². The van der Waals surface area contributed by atoms with Gasteiger partial charge in [-0.15, -0.1) is 5.10 Å². The monoisotopic (exact) mass is 486 g/mol. The van der Waals surface area contributed by atoms with Crippen molar-refractivity contribution in [1.29, 1.82) is 0 Å². The van der Waals surface area contributed by atoms with Crippen LogP contribution in [0.1, 0.15) is 84.2 Å². The maximum Gasteiger partial charge on any atom is 0.338 e. The van der Waals surface area contributed by atoms with Crippen LogP contribution in [-0.2, 0) is 9.53 Å². The largest absolute Gasteiger partial charge is 0.494 e. The average molecular weight is 487 g/mol. The number of hydrogen-bond donors (Lipinski definition) is 1. The number of benzene rings is 1. The molecule has 1 unspecified atom stereocenters. The molecule has 0 bridgehead atoms. The molecule has 1 aromatic carbocycles. The van der Waals surface area contributed by atoms with Crippen molar-refractivity contribution >= 4 is 23.7 Å². The van der Waals surface area contributed by atoms with Gasteiger partial charge < -0.3 is 14.8 Å². The second-order valence-electron chi connectivity index (χ2n) is 8.54. The number of aromatic nitrogens is 3. The molecule has 0 amide bonds. The van der Waals surface area contributed by atoms with E-state index >= 15 is 0 Å². The molecule has 2 aromatic rings. The van der Waals surface area contributed by atoms with Crippen LogP contribution in [0.15, 0.2) is 40.7 Å². The third-order valence-corrected chi connectivity index (χ3v) is 6.61. The Morgan fingerprint density at radius 1 is 1.03 bits per heavy atom. The second kappa shape index (κ2) is 13.4. The third kappa shape index (κ3) is 6.78. The Hall–Kier alpha value is -2.48. The summed E-state index contributed by atoms with van der Waals surface area (Å²) in [4.78, 5) is 17.7. The van der Waals surface area contributed by atoms with Crippen molar-refractivity contribution in [1.82, 2.24) is 14.8 Å². The first kappa shape index (κ1) is 26.1. The van der Waals surface area contributed by atoms with Crippen LogP contribution in [0, 0.1) is 0 Å². The van der Waals surface area contributed by atoms with Crippen LogP contribution in [0.25, 0.3) is 0 Å². The van der Waals surface area contributed by atoms with Crippen molar-refractivity contribution in [2.75, 3.05) is 24.3 Å². The lowest BCUT2D eigenvalue weighted by atomic mass is 9.96. The normalized spacial score (nSPS) is 15.1. The van der Waals surface area contributed by atoms with Gasteiger partial charge in [-0.3, -0.25) is 0 Å². The molecule has 0 fully saturated rings. The number of hydrogen-bond acceptors (Lipinski definition) is 7. The summed E-state index contributed by atoms with van der Waals surface area (Å²) in [6.45, 7) is 9.36. The van der Waals surface area contributed by atoms with Gasteiger partial charge in [0.15, 0.2) is 0 Å². The van der Waals surface area contributed by atoms with Gasteiger partial charge in [0.05, 0.1) is 18.8 Å². The fraction of sp³-hybridized carbons (Fsp3) is 0.577. The van der Waals surface area contributed by atoms with E-state index in [1.54, 1.807) is 11.8 Å². The van der Waals surface area contributed by atoms with E-state index in [2.05, 4.69) is 24.1 Å². The molecule has 34 heavy (non-hydrogen) atoms. The summed E-state index contributed by atoms with van der Waals surface area (Å²) < 4.78 is 13.3. The van der Waals surface area contributed by atoms with Gasteiger partial charge in [0, 0.05) is 11.4 Å². The van der Waals surface area contributed by atoms with Crippen LogP contribution < -0.4 is 10.1 Å². The number of carbonyl (C=O) groups excluding carboxylic acids is 1. The van der Waals surface area contributed by atoms with Crippen molar-refractivity contribution in [3.8, 4) is 5.75 Å². The molecule has 1 aromatic heterocycles. The molecule has 0 radical (unpaired) electrons. The van der Waals surface area contributed by atoms with Gasteiger partial charge in [0.2, 0.25) is 11.1 Å². The van der Waals surface area contributed by atoms with Crippen molar-refractivity contribution in [3.05, 3.63) is 41.1 Å². The summed E-state index contributed by atoms with van der Waals surface area (Å²) in [6, 6.07) is 7.54. The molecule has 8 heteroatoms. The summed E-state index contributed by atoms with van der Waals surface area (Å²) in [5, 5.41) is 8.74. The molecule has 1 N–H and O–H groups in total. The van der Waals surface area contributed by atoms with E-state index in [0.717, 1.165) is 48.4 Å². The van der Waals surface area contributed by atoms with Gasteiger partial charge in [-0.1, -0.05) is 70.3 Å². The highest BCUT2D eigenvalue weighted by atomic mass is 32.2. The predicted molar refractivity (Wildman–Crippen MR) is 137 cm³/mol. The van der Waals surface area contributed by atoms with E-state index in [0.29, 0.717) is 29.9 Å². The van der Waals surface area contributed by atoms with Crippen LogP contribution in [0.4, 0.5) is 5.95 Å². The lowest BCUT2D eigenvalue weighted by Crippen LogP contribution is -2.29. The quantitative estimate of drug-likeness (QED) is 0.189. The summed E-state index contributed by atoms with van der Waals surface area (Å²) in [5.74, 6) is 2.12. The molecule has 1 aliphatic heterocycles. The second-order valence-corrected chi connectivity index (χ2v) is 9.61. The number of thioether (sulfide) groups is 1. The van der Waals surface area contributed by atoms with Crippen LogP contribution >= 0.6 is 11.8 Å². The number of fused-ring (bicyclic) bond motifs is 1. The molecule has 1 aliphatic rings. The van der Waals surface area contributed by atoms with E-state index in [9.17, 15) is 4.79 Å². The van der Waals surface area contributed by atoms with E-state index in [1.807, 2.05) is 42.8 Å². The smallest absolute Gasteiger partial charge is 0.338 e. The Morgan fingerprint density at radius 2 is 1.79 bits per heavy atom. The zero-order chi connectivity index (χ0) is 24.3. The molecule has 186 valence electrons. The summed E-state index contributed by atoms with van der Waals surface area (Å²) in [7, 11) is 0. The predicted octanol–water partition coefficient (Wildman–Crippen LogP) is 6.37. The minimum Gasteiger partial charge on any atom is -0.494 e. The number of nitrogens with zero attached hydrogens (tertiary/aromatic N) is 3. The molecule has 2 heterocycles. The Balaban J connectivity index is 1.85. The van der Waals surface area contributed by atoms with Gasteiger partial charge in [-0.2, -0.15) is 4.98 Å². The average Bonchev–Trinajstić information content (AvgIpc) is 3.24. The number of anilines is 1. The lowest BCUT2D eigenvalue weighted by Gasteiger charge is -2.28. The summed E-state index contributed by atoms with van der Waals surface area (Å²) in [6.07, 6.45) is 7.70. The zero-order valence-electron chi connectivity index (χ0n) is 20.9. The Morgan fingerprint density at radius 3 is 2.50 bits per heavy atom. The highest BCUT2D eigenvalue weighted by molar-refractivity contribution is 7.99. The van der Waals surface area contributed by atoms with Crippen LogP contribution in [0.5, 0.6) is 5.75 Å². The van der Waals surface area contributed by atoms with E-state index in [4.69, 9.17) is 14.6 Å². The number of unbranched alkanes of at least 4 members (excludes halogenated alkanes) is 4. The van der Waals surface area contributed by atoms with Gasteiger partial charge in [-0.25, -0.2) is 9.48 Å². The van der Waals surface area contributed by atoms with Crippen molar-refractivity contribution in [2.45, 2.75) is 83.8 Å². The Kier molecular flexibility index (Phi) is 10.3. The Bertz CT molecular complexity index is 955. The maximum atomic E-state index is 13.1. The molecular weight excluding hydrogens is 448 g/mol. The van der Waals surface area contributed by atoms with E-state index < -0.39 is 6.04 Å². The Labute approximate surface area is 207 Å². The van der Waals surface area contributed by atoms with Gasteiger partial charge >= 0.3 is 5.97 Å². The van der Waals surface area contributed by atoms with Gasteiger partial charge in [-0.05, 0) is 43.9 Å². The van der Waals surface area contributed by atoms with Crippen molar-refractivity contribution in [3.63, 3.8) is 0 Å². The minimum absolute atomic E-state index is 0.325. The number of nitrogens with one attached hydrogen (secondary N) is 1. The first-order valence-electron chi connectivity index (χ1n) is 12.6. The minimum atomic E-state index is -0.410. The molecule has 3 rings (SSSR count). The first-order valence-corrected chi connectivity index (χ1v) is 13.5. The van der Waals surface area contributed by atoms with Crippen LogP contribution in [0.3, 0.4) is 0 Å². The first-order chi connectivity index (χ1) is 16.6. The fourth-order valence-electron chi connectivity index (χ4n) is 3.81. The molecule has 0 spiro atoms. The molecule has 1 atom stereocenters. The van der Waals surface area contributed by atoms with Gasteiger partial charge in [0.25, 0.3) is 0 Å². The number of ether oxygens (including phenoxy) is 2. The molecule has 0 saturated heterocycles. The highest BCUT2D eigenvalue weighted by Crippen LogP contribution is 2.37. The lowest BCUT2D eigenvalue weighted by molar-refractivity contribution is -0.139. The molecule has 0 aliphatic carbocycles. The standard InChI is InChI=1S/C26H38N4O3S/c1-5-8-10-11-17-32-21-14-12-20(13-15-21)23-22(24(31)33-16-7-3)19(4)27-25-28-26(29-30(23)25)34-18-9-6-2/h12-15,23H,5-11,16-18H2,1-4H3,(H,27,28,29). The number of rotatable bonds is 14.